The summed E-state index contributed by atoms with van der Waals surface area (Å²) >= 11 is 0. The number of piperidine rings is 1. The number of carbonyl (C=O) groups excluding carboxylic acids is 2. The van der Waals surface area contributed by atoms with E-state index >= 15 is 0 Å². The van der Waals surface area contributed by atoms with Crippen LogP contribution in [0.3, 0.4) is 0 Å². The second kappa shape index (κ2) is 8.11. The summed E-state index contributed by atoms with van der Waals surface area (Å²) in [7, 11) is 0. The minimum atomic E-state index is -0.647. The van der Waals surface area contributed by atoms with E-state index in [9.17, 15) is 9.59 Å². The molecule has 0 radical (unpaired) electrons. The molecule has 3 N–H and O–H groups in total. The SMILES string of the molecule is CC(C)CN1CCCC[C@@H]1C(=O)NCC1(C(N)=O)CCOCC1. The number of ether oxygens (including phenoxy) is 1. The molecule has 2 heterocycles. The van der Waals surface area contributed by atoms with Crippen molar-refractivity contribution in [1.29, 1.82) is 0 Å². The molecule has 0 aromatic rings. The molecule has 2 aliphatic rings. The van der Waals surface area contributed by atoms with Crippen LogP contribution in [0.5, 0.6) is 0 Å². The minimum absolute atomic E-state index is 0.0393. The predicted molar refractivity (Wildman–Crippen MR) is 88.7 cm³/mol. The van der Waals surface area contributed by atoms with E-state index in [2.05, 4.69) is 24.1 Å². The summed E-state index contributed by atoms with van der Waals surface area (Å²) in [4.78, 5) is 26.8. The summed E-state index contributed by atoms with van der Waals surface area (Å²) in [6.45, 7) is 7.65. The normalized spacial score (nSPS) is 25.3. The van der Waals surface area contributed by atoms with Gasteiger partial charge in [0.2, 0.25) is 11.8 Å². The second-order valence-corrected chi connectivity index (χ2v) is 7.38. The van der Waals surface area contributed by atoms with Crippen LogP contribution in [0.25, 0.3) is 0 Å². The van der Waals surface area contributed by atoms with Gasteiger partial charge in [-0.3, -0.25) is 14.5 Å². The number of rotatable bonds is 6. The van der Waals surface area contributed by atoms with E-state index in [-0.39, 0.29) is 17.9 Å². The highest BCUT2D eigenvalue weighted by atomic mass is 16.5. The molecule has 1 atom stereocenters. The summed E-state index contributed by atoms with van der Waals surface area (Å²) in [5.41, 5.74) is 4.96. The van der Waals surface area contributed by atoms with Crippen LogP contribution in [0.2, 0.25) is 0 Å². The van der Waals surface area contributed by atoms with Gasteiger partial charge >= 0.3 is 0 Å². The van der Waals surface area contributed by atoms with Crippen molar-refractivity contribution < 1.29 is 14.3 Å². The minimum Gasteiger partial charge on any atom is -0.381 e. The van der Waals surface area contributed by atoms with E-state index in [1.165, 1.54) is 0 Å². The van der Waals surface area contributed by atoms with Crippen molar-refractivity contribution in [2.75, 3.05) is 32.8 Å². The zero-order chi connectivity index (χ0) is 16.9. The lowest BCUT2D eigenvalue weighted by Gasteiger charge is -2.38. The molecular formula is C17H31N3O3. The van der Waals surface area contributed by atoms with Gasteiger partial charge in [0.25, 0.3) is 0 Å². The molecular weight excluding hydrogens is 294 g/mol. The Hall–Kier alpha value is -1.14. The Kier molecular flexibility index (Phi) is 6.41. The fraction of sp³-hybridized carbons (Fsp3) is 0.882. The number of likely N-dealkylation sites (tertiary alicyclic amines) is 1. The van der Waals surface area contributed by atoms with Crippen molar-refractivity contribution in [3.63, 3.8) is 0 Å². The number of amides is 2. The average Bonchev–Trinajstić information content (AvgIpc) is 2.53. The lowest BCUT2D eigenvalue weighted by Crippen LogP contribution is -2.55. The van der Waals surface area contributed by atoms with Crippen molar-refractivity contribution in [1.82, 2.24) is 10.2 Å². The maximum Gasteiger partial charge on any atom is 0.237 e. The van der Waals surface area contributed by atoms with Gasteiger partial charge < -0.3 is 15.8 Å². The predicted octanol–water partition coefficient (Wildman–Crippen LogP) is 0.895. The molecule has 23 heavy (non-hydrogen) atoms. The maximum atomic E-state index is 12.7. The van der Waals surface area contributed by atoms with Crippen LogP contribution >= 0.6 is 0 Å². The highest BCUT2D eigenvalue weighted by Crippen LogP contribution is 2.29. The molecule has 0 unspecified atom stereocenters. The summed E-state index contributed by atoms with van der Waals surface area (Å²) in [5, 5.41) is 3.01. The molecule has 0 aromatic heterocycles. The van der Waals surface area contributed by atoms with Crippen LogP contribution in [0.15, 0.2) is 0 Å². The number of nitrogens with zero attached hydrogens (tertiary/aromatic N) is 1. The third kappa shape index (κ3) is 4.67. The van der Waals surface area contributed by atoms with Gasteiger partial charge in [-0.1, -0.05) is 20.3 Å². The quantitative estimate of drug-likeness (QED) is 0.760. The van der Waals surface area contributed by atoms with Crippen LogP contribution in [0.4, 0.5) is 0 Å². The molecule has 6 nitrogen and oxygen atoms in total. The highest BCUT2D eigenvalue weighted by molar-refractivity contribution is 5.84. The van der Waals surface area contributed by atoms with Crippen LogP contribution in [-0.2, 0) is 14.3 Å². The molecule has 2 fully saturated rings. The molecule has 6 heteroatoms. The van der Waals surface area contributed by atoms with Crippen LogP contribution in [0.1, 0.15) is 46.0 Å². The van der Waals surface area contributed by atoms with E-state index in [1.807, 2.05) is 0 Å². The number of nitrogens with two attached hydrogens (primary N) is 1. The van der Waals surface area contributed by atoms with E-state index < -0.39 is 5.41 Å². The van der Waals surface area contributed by atoms with Gasteiger partial charge in [-0.2, -0.15) is 0 Å². The summed E-state index contributed by atoms with van der Waals surface area (Å²) in [6, 6.07) is -0.0732. The molecule has 2 rings (SSSR count). The van der Waals surface area contributed by atoms with Crippen molar-refractivity contribution in [3.05, 3.63) is 0 Å². The van der Waals surface area contributed by atoms with Crippen molar-refractivity contribution in [2.24, 2.45) is 17.1 Å². The van der Waals surface area contributed by atoms with Crippen molar-refractivity contribution in [2.45, 2.75) is 52.0 Å². The second-order valence-electron chi connectivity index (χ2n) is 7.38. The molecule has 0 aromatic carbocycles. The fourth-order valence-electron chi connectivity index (χ4n) is 3.62. The first-order valence-electron chi connectivity index (χ1n) is 8.84. The largest absolute Gasteiger partial charge is 0.381 e. The zero-order valence-corrected chi connectivity index (χ0v) is 14.5. The van der Waals surface area contributed by atoms with Crippen LogP contribution < -0.4 is 11.1 Å². The van der Waals surface area contributed by atoms with Gasteiger partial charge in [0, 0.05) is 26.3 Å². The van der Waals surface area contributed by atoms with Gasteiger partial charge in [0.05, 0.1) is 11.5 Å². The van der Waals surface area contributed by atoms with Crippen LogP contribution in [-0.4, -0.2) is 55.6 Å². The standard InChI is InChI=1S/C17H31N3O3/c1-13(2)11-20-8-4-3-5-14(20)15(21)19-12-17(16(18)22)6-9-23-10-7-17/h13-14H,3-12H2,1-2H3,(H2,18,22)(H,19,21)/t14-/m1/s1. The van der Waals surface area contributed by atoms with Gasteiger partial charge in [-0.25, -0.2) is 0 Å². The summed E-state index contributed by atoms with van der Waals surface area (Å²) in [5.74, 6) is 0.247. The molecule has 0 saturated carbocycles. The maximum absolute atomic E-state index is 12.7. The molecule has 0 spiro atoms. The summed E-state index contributed by atoms with van der Waals surface area (Å²) < 4.78 is 5.33. The van der Waals surface area contributed by atoms with Gasteiger partial charge in [-0.05, 0) is 38.1 Å². The van der Waals surface area contributed by atoms with E-state index in [0.29, 0.717) is 38.5 Å². The fourth-order valence-corrected chi connectivity index (χ4v) is 3.62. The molecule has 2 amide bonds. The van der Waals surface area contributed by atoms with Crippen LogP contribution in [0, 0.1) is 11.3 Å². The molecule has 0 bridgehead atoms. The molecule has 2 aliphatic heterocycles. The zero-order valence-electron chi connectivity index (χ0n) is 14.5. The first kappa shape index (κ1) is 18.2. The van der Waals surface area contributed by atoms with E-state index in [4.69, 9.17) is 10.5 Å². The Balaban J connectivity index is 1.95. The third-order valence-corrected chi connectivity index (χ3v) is 5.09. The lowest BCUT2D eigenvalue weighted by atomic mass is 9.79. The summed E-state index contributed by atoms with van der Waals surface area (Å²) in [6.07, 6.45) is 4.30. The Morgan fingerprint density at radius 2 is 2.00 bits per heavy atom. The van der Waals surface area contributed by atoms with Gasteiger partial charge in [-0.15, -0.1) is 0 Å². The van der Waals surface area contributed by atoms with Crippen molar-refractivity contribution >= 4 is 11.8 Å². The number of hydrogen-bond acceptors (Lipinski definition) is 4. The molecule has 132 valence electrons. The first-order valence-corrected chi connectivity index (χ1v) is 8.84. The first-order chi connectivity index (χ1) is 10.9. The van der Waals surface area contributed by atoms with Crippen molar-refractivity contribution in [3.8, 4) is 0 Å². The van der Waals surface area contributed by atoms with E-state index in [1.54, 1.807) is 0 Å². The number of nitrogens with one attached hydrogen (secondary N) is 1. The van der Waals surface area contributed by atoms with E-state index in [0.717, 1.165) is 32.4 Å². The average molecular weight is 325 g/mol. The monoisotopic (exact) mass is 325 g/mol. The number of hydrogen-bond donors (Lipinski definition) is 2. The highest BCUT2D eigenvalue weighted by Gasteiger charge is 2.39. The number of primary amides is 1. The number of carbonyl (C=O) groups is 2. The topological polar surface area (TPSA) is 84.7 Å². The lowest BCUT2D eigenvalue weighted by molar-refractivity contribution is -0.135. The molecule has 2 saturated heterocycles. The Bertz CT molecular complexity index is 419. The molecule has 0 aliphatic carbocycles. The Labute approximate surface area is 139 Å². The Morgan fingerprint density at radius 1 is 1.30 bits per heavy atom. The smallest absolute Gasteiger partial charge is 0.237 e. The third-order valence-electron chi connectivity index (χ3n) is 5.09. The van der Waals surface area contributed by atoms with Gasteiger partial charge in [0.1, 0.15) is 0 Å². The van der Waals surface area contributed by atoms with Gasteiger partial charge in [0.15, 0.2) is 0 Å². The Morgan fingerprint density at radius 3 is 2.61 bits per heavy atom.